The first kappa shape index (κ1) is 20.6. The van der Waals surface area contributed by atoms with Gasteiger partial charge in [-0.3, -0.25) is 0 Å². The highest BCUT2D eigenvalue weighted by Gasteiger charge is 2.00. The number of carbonyl (C=O) groups is 1. The average Bonchev–Trinajstić information content (AvgIpc) is 2.63. The average molecular weight is 358 g/mol. The third-order valence-electron chi connectivity index (χ3n) is 3.19. The monoisotopic (exact) mass is 358 g/mol. The molecule has 0 aromatic heterocycles. The molecule has 0 bridgehead atoms. The van der Waals surface area contributed by atoms with Crippen LogP contribution in [0.4, 0.5) is 0 Å². The summed E-state index contributed by atoms with van der Waals surface area (Å²) in [5.74, 6) is 0.00547. The first-order chi connectivity index (χ1) is 12.4. The Bertz CT molecular complexity index is 793. The fourth-order valence-electron chi connectivity index (χ4n) is 1.96. The van der Waals surface area contributed by atoms with Gasteiger partial charge in [0.2, 0.25) is 0 Å². The number of hydrogen-bond donors (Lipinski definition) is 3. The lowest BCUT2D eigenvalue weighted by atomic mass is 10.2. The van der Waals surface area contributed by atoms with Crippen molar-refractivity contribution in [3.8, 4) is 23.0 Å². The van der Waals surface area contributed by atoms with Crippen molar-refractivity contribution >= 4 is 18.1 Å². The first-order valence-corrected chi connectivity index (χ1v) is 7.69. The van der Waals surface area contributed by atoms with E-state index in [-0.39, 0.29) is 11.5 Å². The molecule has 6 nitrogen and oxygen atoms in total. The fourth-order valence-corrected chi connectivity index (χ4v) is 1.96. The molecule has 0 unspecified atom stereocenters. The maximum absolute atomic E-state index is 10.2. The van der Waals surface area contributed by atoms with Crippen LogP contribution in [-0.4, -0.2) is 35.5 Å². The molecule has 6 heteroatoms. The molecule has 0 heterocycles. The number of rotatable bonds is 5. The van der Waals surface area contributed by atoms with Crippen molar-refractivity contribution in [3.05, 3.63) is 59.7 Å². The van der Waals surface area contributed by atoms with Crippen LogP contribution in [0.25, 0.3) is 12.2 Å². The number of carboxylic acid groups (broad SMARTS) is 1. The van der Waals surface area contributed by atoms with Crippen molar-refractivity contribution in [3.63, 3.8) is 0 Å². The quantitative estimate of drug-likeness (QED) is 0.701. The molecule has 0 aliphatic rings. The van der Waals surface area contributed by atoms with Gasteiger partial charge in [-0.25, -0.2) is 4.79 Å². The largest absolute Gasteiger partial charge is 0.504 e. The van der Waals surface area contributed by atoms with Crippen LogP contribution >= 0.6 is 0 Å². The Morgan fingerprint density at radius 1 is 0.885 bits per heavy atom. The Balaban J connectivity index is 0.000000263. The Labute approximate surface area is 152 Å². The second kappa shape index (κ2) is 10.5. The van der Waals surface area contributed by atoms with Crippen molar-refractivity contribution in [1.29, 1.82) is 0 Å². The molecule has 2 rings (SSSR count). The summed E-state index contributed by atoms with van der Waals surface area (Å²) in [6, 6.07) is 9.83. The number of aliphatic carboxylic acids is 1. The molecule has 0 aliphatic carbocycles. The first-order valence-electron chi connectivity index (χ1n) is 7.69. The SMILES string of the molecule is C/C=C\c1ccc(O)c(OC)c1.COc1cc(/C=C/C(=O)O)ccc1O. The molecule has 0 saturated heterocycles. The Hall–Kier alpha value is -3.41. The number of hydrogen-bond acceptors (Lipinski definition) is 5. The van der Waals surface area contributed by atoms with E-state index in [0.29, 0.717) is 17.1 Å². The molecule has 0 fully saturated rings. The Morgan fingerprint density at radius 3 is 1.73 bits per heavy atom. The summed E-state index contributed by atoms with van der Waals surface area (Å²) in [4.78, 5) is 10.2. The van der Waals surface area contributed by atoms with E-state index in [1.807, 2.05) is 25.1 Å². The van der Waals surface area contributed by atoms with Crippen LogP contribution in [-0.2, 0) is 4.79 Å². The van der Waals surface area contributed by atoms with Gasteiger partial charge >= 0.3 is 5.97 Å². The van der Waals surface area contributed by atoms with Gasteiger partial charge in [-0.1, -0.05) is 24.3 Å². The van der Waals surface area contributed by atoms with Gasteiger partial charge in [0.05, 0.1) is 14.2 Å². The molecule has 0 aliphatic heterocycles. The van der Waals surface area contributed by atoms with E-state index in [1.54, 1.807) is 24.3 Å². The van der Waals surface area contributed by atoms with Crippen LogP contribution < -0.4 is 9.47 Å². The van der Waals surface area contributed by atoms with Crippen LogP contribution in [0, 0.1) is 0 Å². The van der Waals surface area contributed by atoms with Crippen LogP contribution in [0.3, 0.4) is 0 Å². The fraction of sp³-hybridized carbons (Fsp3) is 0.150. The minimum atomic E-state index is -1.02. The summed E-state index contributed by atoms with van der Waals surface area (Å²) in [6.45, 7) is 1.94. The zero-order valence-corrected chi connectivity index (χ0v) is 14.8. The molecule has 0 spiro atoms. The van der Waals surface area contributed by atoms with Crippen LogP contribution in [0.5, 0.6) is 23.0 Å². The normalized spacial score (nSPS) is 10.4. The van der Waals surface area contributed by atoms with Gasteiger partial charge < -0.3 is 24.8 Å². The maximum atomic E-state index is 10.2. The molecule has 26 heavy (non-hydrogen) atoms. The van der Waals surface area contributed by atoms with Crippen LogP contribution in [0.1, 0.15) is 18.1 Å². The Morgan fingerprint density at radius 2 is 1.35 bits per heavy atom. The summed E-state index contributed by atoms with van der Waals surface area (Å²) in [5.41, 5.74) is 1.68. The van der Waals surface area contributed by atoms with Crippen molar-refractivity contribution in [2.75, 3.05) is 14.2 Å². The number of phenolic OH excluding ortho intramolecular Hbond substituents is 2. The maximum Gasteiger partial charge on any atom is 0.328 e. The predicted octanol–water partition coefficient (Wildman–Crippen LogP) is 3.93. The van der Waals surface area contributed by atoms with Gasteiger partial charge in [-0.2, -0.15) is 0 Å². The molecule has 0 radical (unpaired) electrons. The zero-order chi connectivity index (χ0) is 19.5. The lowest BCUT2D eigenvalue weighted by Crippen LogP contribution is -1.87. The molecule has 2 aromatic carbocycles. The molecular weight excluding hydrogens is 336 g/mol. The highest BCUT2D eigenvalue weighted by Crippen LogP contribution is 2.27. The second-order valence-corrected chi connectivity index (χ2v) is 5.03. The van der Waals surface area contributed by atoms with E-state index in [9.17, 15) is 15.0 Å². The second-order valence-electron chi connectivity index (χ2n) is 5.03. The number of phenols is 2. The van der Waals surface area contributed by atoms with Gasteiger partial charge in [0, 0.05) is 6.08 Å². The minimum Gasteiger partial charge on any atom is -0.504 e. The number of carboxylic acids is 1. The summed E-state index contributed by atoms with van der Waals surface area (Å²) in [7, 11) is 2.97. The van der Waals surface area contributed by atoms with Gasteiger partial charge in [-0.15, -0.1) is 0 Å². The summed E-state index contributed by atoms with van der Waals surface area (Å²) in [5, 5.41) is 26.9. The number of methoxy groups -OCH3 is 2. The van der Waals surface area contributed by atoms with E-state index >= 15 is 0 Å². The van der Waals surface area contributed by atoms with E-state index in [1.165, 1.54) is 26.4 Å². The molecule has 0 atom stereocenters. The van der Waals surface area contributed by atoms with Crippen molar-refractivity contribution in [1.82, 2.24) is 0 Å². The molecule has 3 N–H and O–H groups in total. The summed E-state index contributed by atoms with van der Waals surface area (Å²) in [6.07, 6.45) is 6.32. The van der Waals surface area contributed by atoms with Gasteiger partial charge in [0.1, 0.15) is 0 Å². The standard InChI is InChI=1S/C10H10O4.C10H12O2/c1-14-9-6-7(2-4-8(9)11)3-5-10(12)13;1-3-4-8-5-6-9(11)10(7-8)12-2/h2-6,11H,1H3,(H,12,13);3-7,11H,1-2H3/b5-3+;4-3-. The topological polar surface area (TPSA) is 96.2 Å². The third kappa shape index (κ3) is 6.60. The van der Waals surface area contributed by atoms with Crippen LogP contribution in [0.2, 0.25) is 0 Å². The van der Waals surface area contributed by atoms with Crippen LogP contribution in [0.15, 0.2) is 48.6 Å². The van der Waals surface area contributed by atoms with Gasteiger partial charge in [0.25, 0.3) is 0 Å². The molecule has 2 aromatic rings. The van der Waals surface area contributed by atoms with Crippen molar-refractivity contribution < 1.29 is 29.6 Å². The van der Waals surface area contributed by atoms with E-state index in [4.69, 9.17) is 14.6 Å². The molecule has 0 amide bonds. The predicted molar refractivity (Wildman–Crippen MR) is 101 cm³/mol. The van der Waals surface area contributed by atoms with E-state index in [2.05, 4.69) is 0 Å². The molecular formula is C20H22O6. The molecule has 0 saturated carbocycles. The van der Waals surface area contributed by atoms with E-state index < -0.39 is 5.97 Å². The highest BCUT2D eigenvalue weighted by atomic mass is 16.5. The zero-order valence-electron chi connectivity index (χ0n) is 14.8. The number of allylic oxidation sites excluding steroid dienone is 1. The summed E-state index contributed by atoms with van der Waals surface area (Å²) < 4.78 is 9.81. The third-order valence-corrected chi connectivity index (χ3v) is 3.19. The van der Waals surface area contributed by atoms with Crippen molar-refractivity contribution in [2.24, 2.45) is 0 Å². The minimum absolute atomic E-state index is 0.0278. The van der Waals surface area contributed by atoms with Crippen molar-refractivity contribution in [2.45, 2.75) is 6.92 Å². The number of benzene rings is 2. The number of aromatic hydroxyl groups is 2. The summed E-state index contributed by atoms with van der Waals surface area (Å²) >= 11 is 0. The van der Waals surface area contributed by atoms with E-state index in [0.717, 1.165) is 11.6 Å². The highest BCUT2D eigenvalue weighted by molar-refractivity contribution is 5.85. The smallest absolute Gasteiger partial charge is 0.328 e. The lowest BCUT2D eigenvalue weighted by Gasteiger charge is -2.03. The lowest BCUT2D eigenvalue weighted by molar-refractivity contribution is -0.131. The Kier molecular flexibility index (Phi) is 8.30. The molecule has 138 valence electrons. The van der Waals surface area contributed by atoms with Gasteiger partial charge in [-0.05, 0) is 48.4 Å². The van der Waals surface area contributed by atoms with Gasteiger partial charge in [0.15, 0.2) is 23.0 Å². The number of ether oxygens (including phenoxy) is 2.